The van der Waals surface area contributed by atoms with E-state index in [0.717, 1.165) is 20.9 Å². The van der Waals surface area contributed by atoms with Crippen molar-refractivity contribution in [1.82, 2.24) is 9.80 Å². The maximum atomic E-state index is 11.6. The topological polar surface area (TPSA) is 66.9 Å². The number of likely N-dealkylation sites (N-methyl/N-ethyl adjacent to an activating group) is 1. The van der Waals surface area contributed by atoms with Crippen molar-refractivity contribution < 1.29 is 19.1 Å². The monoisotopic (exact) mass is 276 g/mol. The van der Waals surface area contributed by atoms with Gasteiger partial charge < -0.3 is 4.74 Å². The molecule has 0 bridgehead atoms. The van der Waals surface area contributed by atoms with Crippen LogP contribution in [0.15, 0.2) is 18.2 Å². The Balaban J connectivity index is 1.95. The number of carbonyl (C=O) groups excluding carboxylic acids is 3. The molecule has 1 aromatic carbocycles. The molecule has 0 aliphatic carbocycles. The van der Waals surface area contributed by atoms with Crippen LogP contribution in [0, 0.1) is 13.8 Å². The molecule has 0 radical (unpaired) electrons. The van der Waals surface area contributed by atoms with Crippen LogP contribution < -0.4 is 4.74 Å². The van der Waals surface area contributed by atoms with E-state index in [4.69, 9.17) is 4.74 Å². The van der Waals surface area contributed by atoms with Crippen molar-refractivity contribution >= 4 is 17.8 Å². The van der Waals surface area contributed by atoms with Gasteiger partial charge in [-0.1, -0.05) is 6.07 Å². The average molecular weight is 276 g/mol. The fourth-order valence-electron chi connectivity index (χ4n) is 2.08. The van der Waals surface area contributed by atoms with Crippen molar-refractivity contribution in [2.45, 2.75) is 13.8 Å². The molecule has 106 valence electrons. The van der Waals surface area contributed by atoms with Gasteiger partial charge >= 0.3 is 17.8 Å². The Hall–Kier alpha value is -2.37. The van der Waals surface area contributed by atoms with Gasteiger partial charge in [-0.25, -0.2) is 4.79 Å². The summed E-state index contributed by atoms with van der Waals surface area (Å²) in [6.45, 7) is 4.13. The normalized spacial score (nSPS) is 15.2. The highest BCUT2D eigenvalue weighted by Gasteiger charge is 2.41. The number of ether oxygens (including phenoxy) is 1. The number of imide groups is 2. The predicted octanol–water partition coefficient (Wildman–Crippen LogP) is 1.10. The lowest BCUT2D eigenvalue weighted by molar-refractivity contribution is -0.142. The lowest BCUT2D eigenvalue weighted by Gasteiger charge is -2.14. The van der Waals surface area contributed by atoms with Crippen molar-refractivity contribution in [2.24, 2.45) is 0 Å². The van der Waals surface area contributed by atoms with Crippen LogP contribution in [0.25, 0.3) is 0 Å². The van der Waals surface area contributed by atoms with Crippen molar-refractivity contribution in [3.8, 4) is 5.75 Å². The van der Waals surface area contributed by atoms with Crippen LogP contribution in [-0.2, 0) is 9.59 Å². The summed E-state index contributed by atoms with van der Waals surface area (Å²) >= 11 is 0. The third-order valence-electron chi connectivity index (χ3n) is 3.03. The van der Waals surface area contributed by atoms with Crippen molar-refractivity contribution in [3.05, 3.63) is 29.3 Å². The SMILES string of the molecule is Cc1cc(C)cc(OCCN2C(=O)C(=O)N(C)C2=O)c1. The number of aryl methyl sites for hydroxylation is 2. The second-order valence-electron chi connectivity index (χ2n) is 4.78. The molecule has 2 rings (SSSR count). The molecular formula is C14H16N2O4. The van der Waals surface area contributed by atoms with Gasteiger partial charge in [-0.15, -0.1) is 0 Å². The lowest BCUT2D eigenvalue weighted by Crippen LogP contribution is -2.35. The van der Waals surface area contributed by atoms with Crippen LogP contribution in [0.5, 0.6) is 5.75 Å². The third kappa shape index (κ3) is 2.64. The average Bonchev–Trinajstić information content (AvgIpc) is 2.55. The zero-order chi connectivity index (χ0) is 14.9. The van der Waals surface area contributed by atoms with E-state index in [0.29, 0.717) is 5.75 Å². The number of benzene rings is 1. The highest BCUT2D eigenvalue weighted by Crippen LogP contribution is 2.16. The third-order valence-corrected chi connectivity index (χ3v) is 3.03. The Morgan fingerprint density at radius 3 is 2.10 bits per heavy atom. The number of hydrogen-bond donors (Lipinski definition) is 0. The summed E-state index contributed by atoms with van der Waals surface area (Å²) in [5.74, 6) is -0.927. The van der Waals surface area contributed by atoms with Crippen molar-refractivity contribution in [3.63, 3.8) is 0 Å². The molecule has 1 saturated heterocycles. The number of amides is 4. The Morgan fingerprint density at radius 2 is 1.60 bits per heavy atom. The molecule has 1 heterocycles. The van der Waals surface area contributed by atoms with Gasteiger partial charge in [0.15, 0.2) is 0 Å². The maximum Gasteiger partial charge on any atom is 0.334 e. The van der Waals surface area contributed by atoms with E-state index in [1.54, 1.807) is 0 Å². The molecule has 6 nitrogen and oxygen atoms in total. The van der Waals surface area contributed by atoms with E-state index in [-0.39, 0.29) is 13.2 Å². The first kappa shape index (κ1) is 14.0. The summed E-state index contributed by atoms with van der Waals surface area (Å²) in [4.78, 5) is 36.2. The van der Waals surface area contributed by atoms with Crippen LogP contribution in [0.1, 0.15) is 11.1 Å². The first-order valence-electron chi connectivity index (χ1n) is 6.25. The Morgan fingerprint density at radius 1 is 1.00 bits per heavy atom. The fourth-order valence-corrected chi connectivity index (χ4v) is 2.08. The Labute approximate surface area is 116 Å². The molecule has 1 aromatic rings. The number of rotatable bonds is 4. The van der Waals surface area contributed by atoms with E-state index >= 15 is 0 Å². The molecule has 1 aliphatic rings. The van der Waals surface area contributed by atoms with Crippen LogP contribution in [-0.4, -0.2) is 47.8 Å². The van der Waals surface area contributed by atoms with Gasteiger partial charge in [-0.05, 0) is 37.1 Å². The molecule has 1 fully saturated rings. The van der Waals surface area contributed by atoms with E-state index in [2.05, 4.69) is 0 Å². The largest absolute Gasteiger partial charge is 0.492 e. The molecule has 1 aliphatic heterocycles. The van der Waals surface area contributed by atoms with E-state index in [1.807, 2.05) is 32.0 Å². The number of urea groups is 1. The molecule has 0 N–H and O–H groups in total. The smallest absolute Gasteiger partial charge is 0.334 e. The summed E-state index contributed by atoms with van der Waals surface area (Å²) < 4.78 is 5.52. The second kappa shape index (κ2) is 5.32. The van der Waals surface area contributed by atoms with Crippen LogP contribution in [0.2, 0.25) is 0 Å². The molecule has 0 spiro atoms. The zero-order valence-electron chi connectivity index (χ0n) is 11.7. The van der Waals surface area contributed by atoms with Gasteiger partial charge in [0.2, 0.25) is 0 Å². The van der Waals surface area contributed by atoms with E-state index < -0.39 is 17.8 Å². The lowest BCUT2D eigenvalue weighted by atomic mass is 10.1. The molecule has 0 aromatic heterocycles. The van der Waals surface area contributed by atoms with Gasteiger partial charge in [-0.3, -0.25) is 19.4 Å². The number of carbonyl (C=O) groups is 3. The molecular weight excluding hydrogens is 260 g/mol. The minimum Gasteiger partial charge on any atom is -0.492 e. The number of nitrogens with zero attached hydrogens (tertiary/aromatic N) is 2. The summed E-state index contributed by atoms with van der Waals surface area (Å²) in [5.41, 5.74) is 2.14. The molecule has 6 heteroatoms. The van der Waals surface area contributed by atoms with E-state index in [1.165, 1.54) is 7.05 Å². The molecule has 4 amide bonds. The zero-order valence-corrected chi connectivity index (χ0v) is 11.7. The van der Waals surface area contributed by atoms with Crippen molar-refractivity contribution in [2.75, 3.05) is 20.2 Å². The summed E-state index contributed by atoms with van der Waals surface area (Å²) in [6.07, 6.45) is 0. The van der Waals surface area contributed by atoms with Gasteiger partial charge in [0.05, 0.1) is 6.54 Å². The van der Waals surface area contributed by atoms with Gasteiger partial charge in [-0.2, -0.15) is 0 Å². The summed E-state index contributed by atoms with van der Waals surface area (Å²) in [6, 6.07) is 5.16. The minimum atomic E-state index is -0.804. The minimum absolute atomic E-state index is 0.0563. The fraction of sp³-hybridized carbons (Fsp3) is 0.357. The van der Waals surface area contributed by atoms with Gasteiger partial charge in [0.25, 0.3) is 0 Å². The predicted molar refractivity (Wildman–Crippen MR) is 71.3 cm³/mol. The molecule has 20 heavy (non-hydrogen) atoms. The Kier molecular flexibility index (Phi) is 3.74. The first-order chi connectivity index (χ1) is 9.40. The van der Waals surface area contributed by atoms with Gasteiger partial charge in [0, 0.05) is 7.05 Å². The summed E-state index contributed by atoms with van der Waals surface area (Å²) in [7, 11) is 1.29. The standard InChI is InChI=1S/C14H16N2O4/c1-9-6-10(2)8-11(7-9)20-5-4-16-13(18)12(17)15(3)14(16)19/h6-8H,4-5H2,1-3H3. The van der Waals surface area contributed by atoms with Crippen LogP contribution >= 0.6 is 0 Å². The quantitative estimate of drug-likeness (QED) is 0.610. The molecule has 0 saturated carbocycles. The van der Waals surface area contributed by atoms with Gasteiger partial charge in [0.1, 0.15) is 12.4 Å². The molecule has 0 atom stereocenters. The second-order valence-corrected chi connectivity index (χ2v) is 4.78. The molecule has 0 unspecified atom stereocenters. The summed E-state index contributed by atoms with van der Waals surface area (Å²) in [5, 5.41) is 0. The van der Waals surface area contributed by atoms with E-state index in [9.17, 15) is 14.4 Å². The highest BCUT2D eigenvalue weighted by molar-refractivity contribution is 6.44. The van der Waals surface area contributed by atoms with Crippen molar-refractivity contribution in [1.29, 1.82) is 0 Å². The highest BCUT2D eigenvalue weighted by atomic mass is 16.5. The van der Waals surface area contributed by atoms with Crippen LogP contribution in [0.4, 0.5) is 4.79 Å². The van der Waals surface area contributed by atoms with Crippen LogP contribution in [0.3, 0.4) is 0 Å². The number of hydrogen-bond acceptors (Lipinski definition) is 4. The Bertz CT molecular complexity index is 562. The maximum absolute atomic E-state index is 11.6. The first-order valence-corrected chi connectivity index (χ1v) is 6.25.